The van der Waals surface area contributed by atoms with Crippen LogP contribution in [-0.4, -0.2) is 41.7 Å². The van der Waals surface area contributed by atoms with Crippen LogP contribution >= 0.6 is 34.5 Å². The fourth-order valence-corrected chi connectivity index (χ4v) is 3.86. The quantitative estimate of drug-likeness (QED) is 0.901. The second kappa shape index (κ2) is 5.75. The summed E-state index contributed by atoms with van der Waals surface area (Å²) in [5, 5.41) is 12.3. The average Bonchev–Trinajstić information content (AvgIpc) is 2.67. The third kappa shape index (κ3) is 2.81. The Morgan fingerprint density at radius 3 is 2.94 bits per heavy atom. The van der Waals surface area contributed by atoms with Crippen LogP contribution in [0.2, 0.25) is 8.67 Å². The van der Waals surface area contributed by atoms with Gasteiger partial charge in [0.05, 0.1) is 8.67 Å². The van der Waals surface area contributed by atoms with Crippen LogP contribution in [-0.2, 0) is 4.79 Å². The predicted octanol–water partition coefficient (Wildman–Crippen LogP) is 2.47. The van der Waals surface area contributed by atoms with Crippen molar-refractivity contribution in [3.05, 3.63) is 20.3 Å². The lowest BCUT2D eigenvalue weighted by Gasteiger charge is -2.37. The van der Waals surface area contributed by atoms with E-state index in [4.69, 9.17) is 23.2 Å². The van der Waals surface area contributed by atoms with Gasteiger partial charge in [0.25, 0.3) is 0 Å². The minimum absolute atomic E-state index is 0.0514. The number of thiophene rings is 1. The van der Waals surface area contributed by atoms with Gasteiger partial charge in [-0.1, -0.05) is 23.2 Å². The Morgan fingerprint density at radius 2 is 2.39 bits per heavy atom. The molecule has 2 unspecified atom stereocenters. The summed E-state index contributed by atoms with van der Waals surface area (Å²) in [6, 6.07) is 1.24. The predicted molar refractivity (Wildman–Crippen MR) is 73.8 cm³/mol. The molecule has 2 atom stereocenters. The third-order valence-electron chi connectivity index (χ3n) is 3.20. The fraction of sp³-hybridized carbons (Fsp3) is 0.545. The molecule has 1 aromatic heterocycles. The lowest BCUT2D eigenvalue weighted by molar-refractivity contribution is -0.145. The maximum atomic E-state index is 11.3. The number of aliphatic carboxylic acids is 1. The van der Waals surface area contributed by atoms with Gasteiger partial charge in [-0.05, 0) is 13.0 Å². The van der Waals surface area contributed by atoms with Crippen LogP contribution in [0.1, 0.15) is 18.5 Å². The minimum atomic E-state index is -0.813. The maximum absolute atomic E-state index is 11.3. The highest BCUT2D eigenvalue weighted by atomic mass is 35.5. The van der Waals surface area contributed by atoms with E-state index >= 15 is 0 Å². The molecule has 2 heterocycles. The molecule has 7 heteroatoms. The van der Waals surface area contributed by atoms with E-state index in [2.05, 4.69) is 5.32 Å². The van der Waals surface area contributed by atoms with Gasteiger partial charge in [0.1, 0.15) is 6.04 Å². The number of carboxylic acid groups (broad SMARTS) is 1. The second-order valence-electron chi connectivity index (χ2n) is 4.25. The molecule has 1 aliphatic heterocycles. The van der Waals surface area contributed by atoms with Crippen molar-refractivity contribution < 1.29 is 9.90 Å². The Labute approximate surface area is 119 Å². The fourth-order valence-electron chi connectivity index (χ4n) is 2.23. The first-order chi connectivity index (χ1) is 8.50. The number of carboxylic acids is 1. The number of nitrogens with one attached hydrogen (secondary N) is 1. The van der Waals surface area contributed by atoms with E-state index in [0.717, 1.165) is 12.1 Å². The molecule has 0 aliphatic carbocycles. The first kappa shape index (κ1) is 14.1. The number of nitrogens with zero attached hydrogens (tertiary/aromatic N) is 1. The van der Waals surface area contributed by atoms with Crippen LogP contribution in [0.15, 0.2) is 6.07 Å². The molecule has 100 valence electrons. The first-order valence-corrected chi connectivity index (χ1v) is 7.22. The summed E-state index contributed by atoms with van der Waals surface area (Å²) in [6.45, 7) is 3.88. The highest BCUT2D eigenvalue weighted by Gasteiger charge is 2.33. The molecule has 0 radical (unpaired) electrons. The van der Waals surface area contributed by atoms with Gasteiger partial charge in [0.2, 0.25) is 0 Å². The van der Waals surface area contributed by atoms with Crippen molar-refractivity contribution in [3.8, 4) is 0 Å². The highest BCUT2D eigenvalue weighted by molar-refractivity contribution is 7.20. The van der Waals surface area contributed by atoms with Crippen molar-refractivity contribution in [3.63, 3.8) is 0 Å². The molecule has 0 amide bonds. The number of halogens is 2. The molecule has 0 saturated carbocycles. The lowest BCUT2D eigenvalue weighted by Crippen LogP contribution is -2.55. The van der Waals surface area contributed by atoms with Crippen LogP contribution in [0.3, 0.4) is 0 Å². The van der Waals surface area contributed by atoms with E-state index in [1.807, 2.05) is 17.9 Å². The van der Waals surface area contributed by atoms with Gasteiger partial charge in [-0.25, -0.2) is 0 Å². The molecule has 18 heavy (non-hydrogen) atoms. The van der Waals surface area contributed by atoms with Crippen molar-refractivity contribution >= 4 is 40.5 Å². The SMILES string of the molecule is CC(c1cc(Cl)sc1Cl)N1CCNCC1C(=O)O. The molecule has 2 N–H and O–H groups in total. The van der Waals surface area contributed by atoms with Crippen molar-refractivity contribution in [1.82, 2.24) is 10.2 Å². The Balaban J connectivity index is 2.23. The number of hydrogen-bond acceptors (Lipinski definition) is 4. The number of hydrogen-bond donors (Lipinski definition) is 2. The van der Waals surface area contributed by atoms with E-state index in [-0.39, 0.29) is 6.04 Å². The number of rotatable bonds is 3. The molecule has 4 nitrogen and oxygen atoms in total. The van der Waals surface area contributed by atoms with Gasteiger partial charge in [-0.2, -0.15) is 0 Å². The van der Waals surface area contributed by atoms with Crippen LogP contribution in [0.25, 0.3) is 0 Å². The molecule has 1 aromatic rings. The summed E-state index contributed by atoms with van der Waals surface area (Å²) in [4.78, 5) is 13.2. The Bertz CT molecular complexity index is 452. The zero-order chi connectivity index (χ0) is 13.3. The van der Waals surface area contributed by atoms with Gasteiger partial charge < -0.3 is 10.4 Å². The number of piperazine rings is 1. The normalized spacial score (nSPS) is 22.9. The van der Waals surface area contributed by atoms with Gasteiger partial charge in [-0.15, -0.1) is 11.3 Å². The first-order valence-electron chi connectivity index (χ1n) is 5.64. The topological polar surface area (TPSA) is 52.6 Å². The van der Waals surface area contributed by atoms with E-state index in [1.54, 1.807) is 0 Å². The van der Waals surface area contributed by atoms with Crippen LogP contribution in [0.5, 0.6) is 0 Å². The Morgan fingerprint density at radius 1 is 1.67 bits per heavy atom. The van der Waals surface area contributed by atoms with Gasteiger partial charge in [0.15, 0.2) is 0 Å². The highest BCUT2D eigenvalue weighted by Crippen LogP contribution is 2.37. The molecular formula is C11H14Cl2N2O2S. The largest absolute Gasteiger partial charge is 0.480 e. The smallest absolute Gasteiger partial charge is 0.322 e. The minimum Gasteiger partial charge on any atom is -0.480 e. The Hall–Kier alpha value is -0.330. The van der Waals surface area contributed by atoms with Crippen LogP contribution in [0, 0.1) is 0 Å². The molecule has 0 spiro atoms. The van der Waals surface area contributed by atoms with Crippen LogP contribution in [0.4, 0.5) is 0 Å². The third-order valence-corrected chi connectivity index (χ3v) is 4.72. The van der Waals surface area contributed by atoms with Crippen molar-refractivity contribution in [2.75, 3.05) is 19.6 Å². The molecule has 0 aromatic carbocycles. The van der Waals surface area contributed by atoms with Crippen molar-refractivity contribution in [2.45, 2.75) is 19.0 Å². The molecule has 1 saturated heterocycles. The van der Waals surface area contributed by atoms with Crippen molar-refractivity contribution in [1.29, 1.82) is 0 Å². The zero-order valence-electron chi connectivity index (χ0n) is 9.82. The van der Waals surface area contributed by atoms with Gasteiger partial charge in [-0.3, -0.25) is 9.69 Å². The van der Waals surface area contributed by atoms with Crippen molar-refractivity contribution in [2.24, 2.45) is 0 Å². The monoisotopic (exact) mass is 308 g/mol. The zero-order valence-corrected chi connectivity index (χ0v) is 12.1. The van der Waals surface area contributed by atoms with E-state index in [9.17, 15) is 9.90 Å². The number of carbonyl (C=O) groups is 1. The van der Waals surface area contributed by atoms with Crippen LogP contribution < -0.4 is 5.32 Å². The second-order valence-corrected chi connectivity index (χ2v) is 6.54. The summed E-state index contributed by atoms with van der Waals surface area (Å²) in [6.07, 6.45) is 0. The summed E-state index contributed by atoms with van der Waals surface area (Å²) in [5.74, 6) is -0.813. The summed E-state index contributed by atoms with van der Waals surface area (Å²) in [5.41, 5.74) is 0.903. The molecule has 2 rings (SSSR count). The molecule has 1 fully saturated rings. The lowest BCUT2D eigenvalue weighted by atomic mass is 10.1. The van der Waals surface area contributed by atoms with E-state index in [0.29, 0.717) is 21.8 Å². The van der Waals surface area contributed by atoms with Gasteiger partial charge in [0, 0.05) is 31.2 Å². The molecule has 1 aliphatic rings. The standard InChI is InChI=1S/C11H14Cl2N2O2S/c1-6(7-4-9(12)18-10(7)13)15-3-2-14-5-8(15)11(16)17/h4,6,8,14H,2-3,5H2,1H3,(H,16,17). The molecular weight excluding hydrogens is 295 g/mol. The summed E-state index contributed by atoms with van der Waals surface area (Å²) < 4.78 is 1.26. The summed E-state index contributed by atoms with van der Waals surface area (Å²) >= 11 is 13.4. The maximum Gasteiger partial charge on any atom is 0.322 e. The average molecular weight is 309 g/mol. The van der Waals surface area contributed by atoms with E-state index in [1.165, 1.54) is 11.3 Å². The molecule has 0 bridgehead atoms. The van der Waals surface area contributed by atoms with E-state index < -0.39 is 12.0 Å². The summed E-state index contributed by atoms with van der Waals surface area (Å²) in [7, 11) is 0. The van der Waals surface area contributed by atoms with Gasteiger partial charge >= 0.3 is 5.97 Å². The Kier molecular flexibility index (Phi) is 4.50.